The normalized spacial score (nSPS) is 13.0. The summed E-state index contributed by atoms with van der Waals surface area (Å²) in [7, 11) is -3.27. The lowest BCUT2D eigenvalue weighted by atomic mass is 10.1. The first-order valence-electron chi connectivity index (χ1n) is 8.43. The van der Waals surface area contributed by atoms with Gasteiger partial charge in [-0.15, -0.1) is 0 Å². The molecule has 124 valence electrons. The van der Waals surface area contributed by atoms with Gasteiger partial charge in [0.25, 0.3) is 0 Å². The molecule has 1 unspecified atom stereocenters. The van der Waals surface area contributed by atoms with E-state index in [1.807, 2.05) is 6.07 Å². The zero-order valence-corrected chi connectivity index (χ0v) is 14.6. The van der Waals surface area contributed by atoms with Crippen LogP contribution in [0.25, 0.3) is 0 Å². The van der Waals surface area contributed by atoms with Gasteiger partial charge in [0.2, 0.25) is 10.0 Å². The first kappa shape index (κ1) is 20.4. The summed E-state index contributed by atoms with van der Waals surface area (Å²) < 4.78 is 27.1. The lowest BCUT2D eigenvalue weighted by molar-refractivity contribution is 0.516. The van der Waals surface area contributed by atoms with Crippen LogP contribution in [-0.2, 0) is 10.0 Å². The van der Waals surface area contributed by atoms with Crippen LogP contribution in [0, 0.1) is 11.3 Å². The van der Waals surface area contributed by atoms with Crippen molar-refractivity contribution < 1.29 is 8.42 Å². The highest BCUT2D eigenvalue weighted by atomic mass is 32.2. The number of nitrogens with zero attached hydrogens (tertiary/aromatic N) is 1. The van der Waals surface area contributed by atoms with Crippen molar-refractivity contribution in [1.82, 2.24) is 4.72 Å². The molecule has 0 radical (unpaired) electrons. The van der Waals surface area contributed by atoms with Gasteiger partial charge in [-0.05, 0) is 12.8 Å². The SMILES string of the molecule is CCCCCCCCC(CCCC)S(=O)(=O)NCCC#N. The van der Waals surface area contributed by atoms with Crippen LogP contribution in [0.4, 0.5) is 0 Å². The van der Waals surface area contributed by atoms with Crippen LogP contribution in [0.2, 0.25) is 0 Å². The van der Waals surface area contributed by atoms with Crippen molar-refractivity contribution in [2.75, 3.05) is 6.54 Å². The molecule has 0 aromatic heterocycles. The van der Waals surface area contributed by atoms with Crippen molar-refractivity contribution >= 4 is 10.0 Å². The topological polar surface area (TPSA) is 70.0 Å². The standard InChI is InChI=1S/C16H32N2O2S/c1-3-5-7-8-9-10-13-16(12-6-4-2)21(19,20)18-15-11-14-17/h16,18H,3-13,15H2,1-2H3. The minimum Gasteiger partial charge on any atom is -0.214 e. The van der Waals surface area contributed by atoms with Crippen LogP contribution in [0.1, 0.15) is 84.5 Å². The molecular weight excluding hydrogens is 284 g/mol. The first-order valence-corrected chi connectivity index (χ1v) is 9.98. The molecule has 0 aromatic carbocycles. The number of nitriles is 1. The van der Waals surface area contributed by atoms with Crippen molar-refractivity contribution in [3.63, 3.8) is 0 Å². The fourth-order valence-electron chi connectivity index (χ4n) is 2.41. The van der Waals surface area contributed by atoms with Crippen molar-refractivity contribution in [2.24, 2.45) is 0 Å². The van der Waals surface area contributed by atoms with Crippen LogP contribution >= 0.6 is 0 Å². The highest BCUT2D eigenvalue weighted by Crippen LogP contribution is 2.18. The van der Waals surface area contributed by atoms with E-state index in [1.54, 1.807) is 0 Å². The van der Waals surface area contributed by atoms with Crippen LogP contribution in [0.15, 0.2) is 0 Å². The monoisotopic (exact) mass is 316 g/mol. The third-order valence-corrected chi connectivity index (χ3v) is 5.69. The number of hydrogen-bond acceptors (Lipinski definition) is 3. The summed E-state index contributed by atoms with van der Waals surface area (Å²) in [6.45, 7) is 4.51. The second-order valence-electron chi connectivity index (χ2n) is 5.67. The number of hydrogen-bond donors (Lipinski definition) is 1. The Kier molecular flexibility index (Phi) is 12.7. The van der Waals surface area contributed by atoms with Crippen LogP contribution in [0.5, 0.6) is 0 Å². The Morgan fingerprint density at radius 3 is 2.14 bits per heavy atom. The predicted molar refractivity (Wildman–Crippen MR) is 88.5 cm³/mol. The Morgan fingerprint density at radius 2 is 1.52 bits per heavy atom. The molecule has 0 aliphatic heterocycles. The lowest BCUT2D eigenvalue weighted by Gasteiger charge is -2.17. The molecule has 0 spiro atoms. The summed E-state index contributed by atoms with van der Waals surface area (Å²) in [5.74, 6) is 0. The van der Waals surface area contributed by atoms with Gasteiger partial charge in [-0.2, -0.15) is 5.26 Å². The third-order valence-electron chi connectivity index (χ3n) is 3.74. The summed E-state index contributed by atoms with van der Waals surface area (Å²) in [5.41, 5.74) is 0. The minimum absolute atomic E-state index is 0.233. The molecule has 21 heavy (non-hydrogen) atoms. The van der Waals surface area contributed by atoms with Gasteiger partial charge in [0.05, 0.1) is 11.3 Å². The zero-order valence-electron chi connectivity index (χ0n) is 13.7. The van der Waals surface area contributed by atoms with Crippen LogP contribution in [-0.4, -0.2) is 20.2 Å². The zero-order chi connectivity index (χ0) is 16.0. The van der Waals surface area contributed by atoms with E-state index >= 15 is 0 Å². The molecule has 0 fully saturated rings. The van der Waals surface area contributed by atoms with Gasteiger partial charge in [0.1, 0.15) is 0 Å². The van der Waals surface area contributed by atoms with E-state index in [1.165, 1.54) is 25.7 Å². The van der Waals surface area contributed by atoms with Crippen molar-refractivity contribution in [3.8, 4) is 6.07 Å². The molecule has 0 amide bonds. The summed E-state index contributed by atoms with van der Waals surface area (Å²) in [5, 5.41) is 8.21. The molecule has 1 atom stereocenters. The van der Waals surface area contributed by atoms with Crippen molar-refractivity contribution in [3.05, 3.63) is 0 Å². The molecule has 0 saturated carbocycles. The van der Waals surface area contributed by atoms with E-state index in [0.29, 0.717) is 0 Å². The number of rotatable bonds is 14. The predicted octanol–water partition coefficient (Wildman–Crippen LogP) is 4.13. The van der Waals surface area contributed by atoms with Gasteiger partial charge >= 0.3 is 0 Å². The molecule has 0 aliphatic carbocycles. The molecular formula is C16H32N2O2S. The summed E-state index contributed by atoms with van der Waals surface area (Å²) in [4.78, 5) is 0. The Morgan fingerprint density at radius 1 is 0.952 bits per heavy atom. The fraction of sp³-hybridized carbons (Fsp3) is 0.938. The first-order chi connectivity index (χ1) is 10.1. The van der Waals surface area contributed by atoms with Gasteiger partial charge in [-0.25, -0.2) is 13.1 Å². The molecule has 0 aliphatic rings. The Balaban J connectivity index is 4.20. The molecule has 1 N–H and O–H groups in total. The largest absolute Gasteiger partial charge is 0.214 e. The van der Waals surface area contributed by atoms with Crippen molar-refractivity contribution in [1.29, 1.82) is 5.26 Å². The quantitative estimate of drug-likeness (QED) is 0.490. The Labute approximate surface area is 131 Å². The molecule has 5 heteroatoms. The van der Waals surface area contributed by atoms with Gasteiger partial charge in [0.15, 0.2) is 0 Å². The van der Waals surface area contributed by atoms with Gasteiger partial charge < -0.3 is 0 Å². The number of unbranched alkanes of at least 4 members (excludes halogenated alkanes) is 6. The maximum atomic E-state index is 12.3. The van der Waals surface area contributed by atoms with E-state index in [2.05, 4.69) is 18.6 Å². The van der Waals surface area contributed by atoms with Gasteiger partial charge in [0, 0.05) is 13.0 Å². The molecule has 4 nitrogen and oxygen atoms in total. The van der Waals surface area contributed by atoms with E-state index < -0.39 is 10.0 Å². The highest BCUT2D eigenvalue weighted by molar-refractivity contribution is 7.90. The summed E-state index contributed by atoms with van der Waals surface area (Å²) >= 11 is 0. The lowest BCUT2D eigenvalue weighted by Crippen LogP contribution is -2.35. The molecule has 0 saturated heterocycles. The van der Waals surface area contributed by atoms with Crippen LogP contribution in [0.3, 0.4) is 0 Å². The molecule has 0 aromatic rings. The van der Waals surface area contributed by atoms with E-state index in [-0.39, 0.29) is 18.2 Å². The summed E-state index contributed by atoms with van der Waals surface area (Å²) in [6.07, 6.45) is 10.7. The van der Waals surface area contributed by atoms with E-state index in [9.17, 15) is 8.42 Å². The van der Waals surface area contributed by atoms with Crippen LogP contribution < -0.4 is 4.72 Å². The maximum Gasteiger partial charge on any atom is 0.214 e. The highest BCUT2D eigenvalue weighted by Gasteiger charge is 2.23. The third kappa shape index (κ3) is 10.7. The number of nitrogens with one attached hydrogen (secondary N) is 1. The van der Waals surface area contributed by atoms with E-state index in [4.69, 9.17) is 5.26 Å². The maximum absolute atomic E-state index is 12.3. The smallest absolute Gasteiger partial charge is 0.214 e. The average Bonchev–Trinajstić information content (AvgIpc) is 2.45. The second-order valence-corrected chi connectivity index (χ2v) is 7.71. The van der Waals surface area contributed by atoms with E-state index in [0.717, 1.165) is 38.5 Å². The van der Waals surface area contributed by atoms with Crippen molar-refractivity contribution in [2.45, 2.75) is 89.7 Å². The molecule has 0 bridgehead atoms. The van der Waals surface area contributed by atoms with Gasteiger partial charge in [-0.3, -0.25) is 0 Å². The minimum atomic E-state index is -3.27. The Hall–Kier alpha value is -0.600. The molecule has 0 rings (SSSR count). The molecule has 0 heterocycles. The number of sulfonamides is 1. The second kappa shape index (κ2) is 13.1. The Bertz CT molecular complexity index is 374. The average molecular weight is 317 g/mol. The summed E-state index contributed by atoms with van der Waals surface area (Å²) in [6, 6.07) is 1.97. The van der Waals surface area contributed by atoms with Gasteiger partial charge in [-0.1, -0.05) is 65.2 Å². The fourth-order valence-corrected chi connectivity index (χ4v) is 3.98.